The maximum Gasteiger partial charge on any atom is 0.338 e. The standard InChI is InChI=1S/C24H22N4O5S/c1-14(2)22-27-28-20(29)12-18(26-24(28)34-22)13-33-23(31)16-5-4-6-17(11-16)25-21(30)15-7-9-19(32-3)10-8-15/h4-12,14H,13H2,1-3H3,(H,25,30). The van der Waals surface area contributed by atoms with Crippen LogP contribution in [-0.4, -0.2) is 33.6 Å². The van der Waals surface area contributed by atoms with Gasteiger partial charge >= 0.3 is 5.97 Å². The molecule has 0 aliphatic rings. The van der Waals surface area contributed by atoms with Gasteiger partial charge in [-0.1, -0.05) is 31.3 Å². The van der Waals surface area contributed by atoms with Gasteiger partial charge in [0.1, 0.15) is 17.4 Å². The number of hydrogen-bond acceptors (Lipinski definition) is 8. The van der Waals surface area contributed by atoms with Crippen LogP contribution in [0.15, 0.2) is 59.4 Å². The van der Waals surface area contributed by atoms with Crippen LogP contribution in [-0.2, 0) is 11.3 Å². The van der Waals surface area contributed by atoms with E-state index < -0.39 is 5.97 Å². The van der Waals surface area contributed by atoms with E-state index in [0.29, 0.717) is 27.7 Å². The molecule has 0 bridgehead atoms. The van der Waals surface area contributed by atoms with Gasteiger partial charge in [0, 0.05) is 23.2 Å². The van der Waals surface area contributed by atoms with E-state index in [1.54, 1.807) is 49.6 Å². The lowest BCUT2D eigenvalue weighted by atomic mass is 10.1. The van der Waals surface area contributed by atoms with Gasteiger partial charge in [-0.2, -0.15) is 9.61 Å². The van der Waals surface area contributed by atoms with Gasteiger partial charge in [-0.15, -0.1) is 0 Å². The Bertz CT molecular complexity index is 1410. The Labute approximate surface area is 199 Å². The molecule has 0 atom stereocenters. The molecule has 0 aliphatic heterocycles. The lowest BCUT2D eigenvalue weighted by molar-refractivity contribution is 0.0467. The van der Waals surface area contributed by atoms with Crippen LogP contribution in [0.25, 0.3) is 4.96 Å². The molecule has 0 unspecified atom stereocenters. The van der Waals surface area contributed by atoms with Crippen molar-refractivity contribution in [2.75, 3.05) is 12.4 Å². The zero-order chi connectivity index (χ0) is 24.2. The normalized spacial score (nSPS) is 10.9. The Morgan fingerprint density at radius 1 is 1.09 bits per heavy atom. The van der Waals surface area contributed by atoms with Crippen LogP contribution < -0.4 is 15.6 Å². The summed E-state index contributed by atoms with van der Waals surface area (Å²) in [5, 5.41) is 7.82. The minimum atomic E-state index is -0.602. The number of benzene rings is 2. The smallest absolute Gasteiger partial charge is 0.338 e. The predicted octanol–water partition coefficient (Wildman–Crippen LogP) is 3.89. The fourth-order valence-electron chi connectivity index (χ4n) is 3.07. The molecule has 4 rings (SSSR count). The number of carbonyl (C=O) groups excluding carboxylic acids is 2. The summed E-state index contributed by atoms with van der Waals surface area (Å²) in [5.74, 6) is -0.107. The molecular formula is C24H22N4O5S. The number of methoxy groups -OCH3 is 1. The number of hydrogen-bond donors (Lipinski definition) is 1. The maximum atomic E-state index is 12.6. The summed E-state index contributed by atoms with van der Waals surface area (Å²) >= 11 is 1.33. The number of nitrogens with zero attached hydrogens (tertiary/aromatic N) is 3. The molecule has 0 saturated heterocycles. The van der Waals surface area contributed by atoms with Gasteiger partial charge in [-0.3, -0.25) is 9.59 Å². The molecular weight excluding hydrogens is 456 g/mol. The molecule has 10 heteroatoms. The van der Waals surface area contributed by atoms with Gasteiger partial charge in [-0.05, 0) is 42.5 Å². The van der Waals surface area contributed by atoms with Crippen molar-refractivity contribution < 1.29 is 19.1 Å². The Hall–Kier alpha value is -4.05. The molecule has 2 aromatic carbocycles. The topological polar surface area (TPSA) is 112 Å². The van der Waals surface area contributed by atoms with E-state index in [2.05, 4.69) is 15.4 Å². The number of fused-ring (bicyclic) bond motifs is 1. The van der Waals surface area contributed by atoms with Crippen molar-refractivity contribution in [2.45, 2.75) is 26.4 Å². The Kier molecular flexibility index (Phi) is 6.69. The molecule has 0 aliphatic carbocycles. The van der Waals surface area contributed by atoms with Gasteiger partial charge in [0.2, 0.25) is 4.96 Å². The number of ether oxygens (including phenoxy) is 2. The van der Waals surface area contributed by atoms with E-state index in [9.17, 15) is 14.4 Å². The van der Waals surface area contributed by atoms with E-state index in [0.717, 1.165) is 5.01 Å². The molecule has 1 amide bonds. The van der Waals surface area contributed by atoms with Crippen LogP contribution in [0.1, 0.15) is 51.2 Å². The largest absolute Gasteiger partial charge is 0.497 e. The van der Waals surface area contributed by atoms with E-state index in [4.69, 9.17) is 9.47 Å². The van der Waals surface area contributed by atoms with E-state index in [1.165, 1.54) is 28.0 Å². The fourth-order valence-corrected chi connectivity index (χ4v) is 4.00. The van der Waals surface area contributed by atoms with Crippen molar-refractivity contribution >= 4 is 33.9 Å². The third-order valence-electron chi connectivity index (χ3n) is 4.87. The first-order valence-electron chi connectivity index (χ1n) is 10.5. The van der Waals surface area contributed by atoms with Gasteiger partial charge in [0.05, 0.1) is 18.4 Å². The lowest BCUT2D eigenvalue weighted by Crippen LogP contribution is -2.17. The van der Waals surface area contributed by atoms with Gasteiger partial charge in [-0.25, -0.2) is 9.78 Å². The minimum absolute atomic E-state index is 0.165. The molecule has 174 valence electrons. The van der Waals surface area contributed by atoms with Crippen molar-refractivity contribution in [1.29, 1.82) is 0 Å². The molecule has 2 aromatic heterocycles. The van der Waals surface area contributed by atoms with Gasteiger partial charge < -0.3 is 14.8 Å². The van der Waals surface area contributed by atoms with E-state index in [-0.39, 0.29) is 29.6 Å². The summed E-state index contributed by atoms with van der Waals surface area (Å²) in [7, 11) is 1.55. The van der Waals surface area contributed by atoms with Gasteiger partial charge in [0.25, 0.3) is 11.5 Å². The van der Waals surface area contributed by atoms with E-state index in [1.807, 2.05) is 13.8 Å². The van der Waals surface area contributed by atoms with Crippen LogP contribution >= 0.6 is 11.3 Å². The summed E-state index contributed by atoms with van der Waals surface area (Å²) in [6.45, 7) is 3.81. The SMILES string of the molecule is COc1ccc(C(=O)Nc2cccc(C(=O)OCc3cc(=O)n4nc(C(C)C)sc4n3)c2)cc1. The average Bonchev–Trinajstić information content (AvgIpc) is 3.28. The fraction of sp³-hybridized carbons (Fsp3) is 0.208. The number of aromatic nitrogens is 3. The summed E-state index contributed by atoms with van der Waals surface area (Å²) in [6.07, 6.45) is 0. The minimum Gasteiger partial charge on any atom is -0.497 e. The van der Waals surface area contributed by atoms with E-state index >= 15 is 0 Å². The second kappa shape index (κ2) is 9.84. The molecule has 2 heterocycles. The highest BCUT2D eigenvalue weighted by Crippen LogP contribution is 2.20. The number of esters is 1. The summed E-state index contributed by atoms with van der Waals surface area (Å²) in [5.41, 5.74) is 1.15. The Balaban J connectivity index is 1.43. The number of amides is 1. The third-order valence-corrected chi connectivity index (χ3v) is 6.08. The second-order valence-corrected chi connectivity index (χ2v) is 8.70. The molecule has 4 aromatic rings. The molecule has 0 fully saturated rings. The maximum absolute atomic E-state index is 12.6. The predicted molar refractivity (Wildman–Crippen MR) is 128 cm³/mol. The highest BCUT2D eigenvalue weighted by Gasteiger charge is 2.14. The number of carbonyl (C=O) groups is 2. The summed E-state index contributed by atoms with van der Waals surface area (Å²) in [6, 6.07) is 14.4. The van der Waals surface area contributed by atoms with Crippen LogP contribution in [0.2, 0.25) is 0 Å². The highest BCUT2D eigenvalue weighted by atomic mass is 32.1. The first-order valence-corrected chi connectivity index (χ1v) is 11.3. The molecule has 9 nitrogen and oxygen atoms in total. The van der Waals surface area contributed by atoms with Crippen LogP contribution in [0.5, 0.6) is 5.75 Å². The third kappa shape index (κ3) is 5.12. The van der Waals surface area contributed by atoms with Crippen LogP contribution in [0.4, 0.5) is 5.69 Å². The van der Waals surface area contributed by atoms with Crippen molar-refractivity contribution in [3.05, 3.63) is 86.8 Å². The average molecular weight is 479 g/mol. The van der Waals surface area contributed by atoms with Crippen molar-refractivity contribution in [3.8, 4) is 5.75 Å². The van der Waals surface area contributed by atoms with Crippen LogP contribution in [0.3, 0.4) is 0 Å². The number of rotatable bonds is 7. The van der Waals surface area contributed by atoms with Crippen molar-refractivity contribution in [1.82, 2.24) is 14.6 Å². The molecule has 34 heavy (non-hydrogen) atoms. The number of anilines is 1. The Morgan fingerprint density at radius 2 is 1.85 bits per heavy atom. The van der Waals surface area contributed by atoms with Crippen molar-refractivity contribution in [2.24, 2.45) is 0 Å². The zero-order valence-corrected chi connectivity index (χ0v) is 19.6. The van der Waals surface area contributed by atoms with Gasteiger partial charge in [0.15, 0.2) is 0 Å². The zero-order valence-electron chi connectivity index (χ0n) is 18.8. The summed E-state index contributed by atoms with van der Waals surface area (Å²) < 4.78 is 11.7. The molecule has 0 saturated carbocycles. The highest BCUT2D eigenvalue weighted by molar-refractivity contribution is 7.16. The first kappa shape index (κ1) is 23.1. The second-order valence-electron chi connectivity index (χ2n) is 7.71. The lowest BCUT2D eigenvalue weighted by Gasteiger charge is -2.08. The monoisotopic (exact) mass is 478 g/mol. The first-order chi connectivity index (χ1) is 16.3. The molecule has 0 spiro atoms. The molecule has 0 radical (unpaired) electrons. The Morgan fingerprint density at radius 3 is 2.56 bits per heavy atom. The van der Waals surface area contributed by atoms with Crippen LogP contribution in [0, 0.1) is 0 Å². The molecule has 1 N–H and O–H groups in total. The van der Waals surface area contributed by atoms with Crippen molar-refractivity contribution in [3.63, 3.8) is 0 Å². The number of nitrogens with one attached hydrogen (secondary N) is 1. The quantitative estimate of drug-likeness (QED) is 0.401. The summed E-state index contributed by atoms with van der Waals surface area (Å²) in [4.78, 5) is 42.2.